The lowest BCUT2D eigenvalue weighted by atomic mass is 10.2. The third-order valence-electron chi connectivity index (χ3n) is 1.36. The summed E-state index contributed by atoms with van der Waals surface area (Å²) in [5, 5.41) is 0. The first-order valence-electron chi connectivity index (χ1n) is 4.01. The van der Waals surface area contributed by atoms with Crippen molar-refractivity contribution in [1.82, 2.24) is 0 Å². The summed E-state index contributed by atoms with van der Waals surface area (Å²) >= 11 is 0. The van der Waals surface area contributed by atoms with Crippen molar-refractivity contribution < 1.29 is 4.74 Å². The van der Waals surface area contributed by atoms with Crippen LogP contribution in [-0.4, -0.2) is 19.6 Å². The lowest BCUT2D eigenvalue weighted by molar-refractivity contribution is 0.0229. The van der Waals surface area contributed by atoms with Gasteiger partial charge < -0.3 is 4.74 Å². The molecule has 0 aromatic carbocycles. The van der Waals surface area contributed by atoms with Gasteiger partial charge in [-0.05, 0) is 26.0 Å². The summed E-state index contributed by atoms with van der Waals surface area (Å²) in [4.78, 5) is 3.78. The van der Waals surface area contributed by atoms with E-state index in [-0.39, 0.29) is 6.23 Å². The molecular formula is C8H17NO. The Morgan fingerprint density at radius 1 is 1.40 bits per heavy atom. The van der Waals surface area contributed by atoms with Crippen LogP contribution in [-0.2, 0) is 4.74 Å². The van der Waals surface area contributed by atoms with Gasteiger partial charge in [0, 0.05) is 6.61 Å². The molecule has 1 aliphatic heterocycles. The van der Waals surface area contributed by atoms with Gasteiger partial charge in [0.25, 0.3) is 0 Å². The van der Waals surface area contributed by atoms with Crippen LogP contribution < -0.4 is 0 Å². The molecule has 0 N–H and O–H groups in total. The van der Waals surface area contributed by atoms with Crippen molar-refractivity contribution in [2.24, 2.45) is 4.99 Å². The van der Waals surface area contributed by atoms with E-state index in [1.165, 1.54) is 12.8 Å². The molecule has 1 unspecified atom stereocenters. The summed E-state index contributed by atoms with van der Waals surface area (Å²) in [7, 11) is 0. The van der Waals surface area contributed by atoms with Crippen LogP contribution in [0, 0.1) is 0 Å². The smallest absolute Gasteiger partial charge is 0.147 e. The Morgan fingerprint density at radius 2 is 2.10 bits per heavy atom. The maximum Gasteiger partial charge on any atom is 0.147 e. The topological polar surface area (TPSA) is 21.6 Å². The van der Waals surface area contributed by atoms with Gasteiger partial charge in [-0.15, -0.1) is 0 Å². The molecule has 1 heterocycles. The number of aliphatic imine (C=N–C) groups is 1. The van der Waals surface area contributed by atoms with E-state index in [4.69, 9.17) is 4.74 Å². The molecule has 0 radical (unpaired) electrons. The van der Waals surface area contributed by atoms with Crippen molar-refractivity contribution in [2.45, 2.75) is 39.3 Å². The van der Waals surface area contributed by atoms with Gasteiger partial charge in [0.1, 0.15) is 6.23 Å². The third kappa shape index (κ3) is 3.62. The van der Waals surface area contributed by atoms with Crippen LogP contribution in [0.4, 0.5) is 0 Å². The van der Waals surface area contributed by atoms with Crippen molar-refractivity contribution in [2.75, 3.05) is 6.61 Å². The Bertz CT molecular complexity index is 77.3. The minimum atomic E-state index is 0.101. The van der Waals surface area contributed by atoms with E-state index in [9.17, 15) is 0 Å². The summed E-state index contributed by atoms with van der Waals surface area (Å²) in [6, 6.07) is 0. The van der Waals surface area contributed by atoms with Crippen LogP contribution in [0.1, 0.15) is 33.1 Å². The van der Waals surface area contributed by atoms with Crippen LogP contribution in [0.5, 0.6) is 0 Å². The minimum absolute atomic E-state index is 0.101. The Balaban J connectivity index is 0.000000371. The maximum atomic E-state index is 5.20. The molecule has 0 spiro atoms. The summed E-state index contributed by atoms with van der Waals surface area (Å²) in [5.41, 5.74) is 0. The number of ether oxygens (including phenoxy) is 1. The first-order valence-corrected chi connectivity index (χ1v) is 4.01. The molecule has 0 amide bonds. The average Bonchev–Trinajstić information content (AvgIpc) is 2.10. The summed E-state index contributed by atoms with van der Waals surface area (Å²) < 4.78 is 5.20. The van der Waals surface area contributed by atoms with E-state index in [2.05, 4.69) is 11.7 Å². The first-order chi connectivity index (χ1) is 4.93. The number of hydrogen-bond acceptors (Lipinski definition) is 2. The summed E-state index contributed by atoms with van der Waals surface area (Å²) in [6.45, 7) is 8.27. The van der Waals surface area contributed by atoms with E-state index in [0.717, 1.165) is 13.0 Å². The van der Waals surface area contributed by atoms with E-state index in [0.29, 0.717) is 0 Å². The standard InChI is InChI=1S/C6H11NO.C2H6/c1-7-6-4-2-3-5-8-6;1-2/h6H,1-5H2;1-2H3. The molecule has 1 fully saturated rings. The zero-order valence-corrected chi connectivity index (χ0v) is 6.97. The fourth-order valence-corrected chi connectivity index (χ4v) is 0.868. The van der Waals surface area contributed by atoms with Gasteiger partial charge in [0.05, 0.1) is 0 Å². The quantitative estimate of drug-likeness (QED) is 0.516. The molecule has 0 aromatic heterocycles. The van der Waals surface area contributed by atoms with Crippen LogP contribution in [0.3, 0.4) is 0 Å². The molecule has 0 aromatic rings. The lowest BCUT2D eigenvalue weighted by Crippen LogP contribution is -2.15. The lowest BCUT2D eigenvalue weighted by Gasteiger charge is -2.17. The van der Waals surface area contributed by atoms with E-state index in [1.54, 1.807) is 0 Å². The molecule has 0 bridgehead atoms. The molecule has 0 saturated carbocycles. The van der Waals surface area contributed by atoms with Crippen LogP contribution in [0.25, 0.3) is 0 Å². The Morgan fingerprint density at radius 3 is 2.40 bits per heavy atom. The fraction of sp³-hybridized carbons (Fsp3) is 0.875. The molecule has 1 atom stereocenters. The molecule has 1 aliphatic rings. The monoisotopic (exact) mass is 143 g/mol. The van der Waals surface area contributed by atoms with Crippen molar-refractivity contribution in [3.05, 3.63) is 0 Å². The minimum Gasteiger partial charge on any atom is -0.357 e. The van der Waals surface area contributed by atoms with E-state index in [1.807, 2.05) is 13.8 Å². The highest BCUT2D eigenvalue weighted by molar-refractivity contribution is 5.23. The Kier molecular flexibility index (Phi) is 6.50. The molecule has 10 heavy (non-hydrogen) atoms. The number of rotatable bonds is 1. The highest BCUT2D eigenvalue weighted by Crippen LogP contribution is 2.12. The second kappa shape index (κ2) is 6.75. The molecule has 2 nitrogen and oxygen atoms in total. The molecule has 60 valence electrons. The normalized spacial score (nSPS) is 24.4. The maximum absolute atomic E-state index is 5.20. The first kappa shape index (κ1) is 9.63. The Labute approximate surface area is 63.3 Å². The summed E-state index contributed by atoms with van der Waals surface area (Å²) in [6.07, 6.45) is 3.59. The largest absolute Gasteiger partial charge is 0.357 e. The number of hydrogen-bond donors (Lipinski definition) is 0. The molecule has 2 heteroatoms. The van der Waals surface area contributed by atoms with Gasteiger partial charge in [-0.25, -0.2) is 0 Å². The number of nitrogens with zero attached hydrogens (tertiary/aromatic N) is 1. The van der Waals surface area contributed by atoms with Crippen LogP contribution >= 0.6 is 0 Å². The second-order valence-corrected chi connectivity index (χ2v) is 2.00. The van der Waals surface area contributed by atoms with Crippen molar-refractivity contribution in [3.8, 4) is 0 Å². The van der Waals surface area contributed by atoms with Gasteiger partial charge in [-0.1, -0.05) is 13.8 Å². The second-order valence-electron chi connectivity index (χ2n) is 2.00. The van der Waals surface area contributed by atoms with E-state index < -0.39 is 0 Å². The third-order valence-corrected chi connectivity index (χ3v) is 1.36. The zero-order chi connectivity index (χ0) is 7.82. The van der Waals surface area contributed by atoms with Gasteiger partial charge in [0.2, 0.25) is 0 Å². The molecule has 1 saturated heterocycles. The summed E-state index contributed by atoms with van der Waals surface area (Å²) in [5.74, 6) is 0. The van der Waals surface area contributed by atoms with Crippen LogP contribution in [0.2, 0.25) is 0 Å². The van der Waals surface area contributed by atoms with Gasteiger partial charge in [-0.2, -0.15) is 0 Å². The van der Waals surface area contributed by atoms with Gasteiger partial charge >= 0.3 is 0 Å². The van der Waals surface area contributed by atoms with E-state index >= 15 is 0 Å². The molecule has 1 rings (SSSR count). The molecular weight excluding hydrogens is 126 g/mol. The predicted molar refractivity (Wildman–Crippen MR) is 44.5 cm³/mol. The van der Waals surface area contributed by atoms with Gasteiger partial charge in [-0.3, -0.25) is 4.99 Å². The highest BCUT2D eigenvalue weighted by atomic mass is 16.5. The Hall–Kier alpha value is -0.370. The van der Waals surface area contributed by atoms with Gasteiger partial charge in [0.15, 0.2) is 0 Å². The van der Waals surface area contributed by atoms with Crippen molar-refractivity contribution in [1.29, 1.82) is 0 Å². The van der Waals surface area contributed by atoms with Crippen molar-refractivity contribution >= 4 is 6.72 Å². The van der Waals surface area contributed by atoms with Crippen molar-refractivity contribution in [3.63, 3.8) is 0 Å². The predicted octanol–water partition coefficient (Wildman–Crippen LogP) is 2.24. The molecule has 0 aliphatic carbocycles. The highest BCUT2D eigenvalue weighted by Gasteiger charge is 2.09. The SMILES string of the molecule is C=NC1CCCCO1.CC. The van der Waals surface area contributed by atoms with Crippen LogP contribution in [0.15, 0.2) is 4.99 Å². The average molecular weight is 143 g/mol. The fourth-order valence-electron chi connectivity index (χ4n) is 0.868. The zero-order valence-electron chi connectivity index (χ0n) is 6.97.